The number of hydrogen-bond acceptors (Lipinski definition) is 3. The van der Waals surface area contributed by atoms with Gasteiger partial charge < -0.3 is 15.5 Å². The summed E-state index contributed by atoms with van der Waals surface area (Å²) in [5.41, 5.74) is 0. The molecule has 3 N–H and O–H groups in total. The van der Waals surface area contributed by atoms with Gasteiger partial charge in [0.2, 0.25) is 0 Å². The number of hydrogen-bond donors (Lipinski definition) is 3. The highest BCUT2D eigenvalue weighted by Gasteiger charge is 2.16. The van der Waals surface area contributed by atoms with Crippen molar-refractivity contribution in [1.82, 2.24) is 5.32 Å². The maximum absolute atomic E-state index is 9.06. The van der Waals surface area contributed by atoms with Crippen molar-refractivity contribution in [3.63, 3.8) is 0 Å². The van der Waals surface area contributed by atoms with E-state index in [2.05, 4.69) is 5.32 Å². The second kappa shape index (κ2) is 2.96. The van der Waals surface area contributed by atoms with Gasteiger partial charge in [0, 0.05) is 6.54 Å². The molecular weight excluding hydrogens is 118 g/mol. The van der Waals surface area contributed by atoms with E-state index in [9.17, 15) is 0 Å². The summed E-state index contributed by atoms with van der Waals surface area (Å²) >= 11 is 0. The minimum absolute atomic E-state index is 0.00843. The molecule has 1 heterocycles. The Morgan fingerprint density at radius 2 is 2.44 bits per heavy atom. The first-order valence-corrected chi connectivity index (χ1v) is 3.03. The fourth-order valence-corrected chi connectivity index (χ4v) is 0.854. The lowest BCUT2D eigenvalue weighted by molar-refractivity contribution is 0.120. The Balaban J connectivity index is 2.44. The monoisotopic (exact) mass is 129 g/mol. The van der Waals surface area contributed by atoms with Crippen LogP contribution < -0.4 is 5.32 Å². The van der Waals surface area contributed by atoms with Gasteiger partial charge in [0.1, 0.15) is 0 Å². The molecule has 0 fully saturated rings. The third-order valence-corrected chi connectivity index (χ3v) is 1.44. The van der Waals surface area contributed by atoms with Crippen LogP contribution >= 0.6 is 0 Å². The Morgan fingerprint density at radius 1 is 1.67 bits per heavy atom. The summed E-state index contributed by atoms with van der Waals surface area (Å²) in [6.45, 7) is 0.730. The van der Waals surface area contributed by atoms with Crippen LogP contribution in [-0.4, -0.2) is 35.5 Å². The highest BCUT2D eigenvalue weighted by molar-refractivity contribution is 5.01. The molecule has 3 nitrogen and oxygen atoms in total. The number of nitrogens with one attached hydrogen (secondary N) is 1. The summed E-state index contributed by atoms with van der Waals surface area (Å²) in [5.74, 6) is 0. The molecule has 1 aliphatic rings. The van der Waals surface area contributed by atoms with Crippen molar-refractivity contribution in [2.24, 2.45) is 0 Å². The molecule has 2 atom stereocenters. The summed E-state index contributed by atoms with van der Waals surface area (Å²) in [7, 11) is 0. The van der Waals surface area contributed by atoms with Crippen LogP contribution in [0.3, 0.4) is 0 Å². The standard InChI is InChI=1S/C6H11NO2/c8-4-5-6(9)2-1-3-7-5/h1-2,5-9H,3-4H2/t5-,6-/m0/s1. The van der Waals surface area contributed by atoms with Crippen molar-refractivity contribution in [2.75, 3.05) is 13.2 Å². The minimum Gasteiger partial charge on any atom is -0.395 e. The molecule has 0 bridgehead atoms. The SMILES string of the molecule is OC[C@@H]1NCC=C[C@@H]1O. The van der Waals surface area contributed by atoms with Gasteiger partial charge in [-0.05, 0) is 0 Å². The van der Waals surface area contributed by atoms with E-state index in [1.807, 2.05) is 6.08 Å². The second-order valence-corrected chi connectivity index (χ2v) is 2.12. The first kappa shape index (κ1) is 6.74. The van der Waals surface area contributed by atoms with Crippen LogP contribution in [0.25, 0.3) is 0 Å². The van der Waals surface area contributed by atoms with Crippen molar-refractivity contribution >= 4 is 0 Å². The van der Waals surface area contributed by atoms with Gasteiger partial charge in [-0.1, -0.05) is 12.2 Å². The van der Waals surface area contributed by atoms with Gasteiger partial charge in [0.15, 0.2) is 0 Å². The topological polar surface area (TPSA) is 52.5 Å². The van der Waals surface area contributed by atoms with E-state index in [-0.39, 0.29) is 12.6 Å². The fraction of sp³-hybridized carbons (Fsp3) is 0.667. The molecule has 9 heavy (non-hydrogen) atoms. The molecule has 0 amide bonds. The number of aliphatic hydroxyl groups is 2. The Kier molecular flexibility index (Phi) is 2.22. The van der Waals surface area contributed by atoms with Crippen LogP contribution in [0.15, 0.2) is 12.2 Å². The van der Waals surface area contributed by atoms with Crippen molar-refractivity contribution in [3.05, 3.63) is 12.2 Å². The summed E-state index contributed by atoms with van der Waals surface area (Å²) in [6.07, 6.45) is 3.01. The van der Waals surface area contributed by atoms with E-state index in [0.717, 1.165) is 6.54 Å². The predicted octanol–water partition coefficient (Wildman–Crippen LogP) is -1.13. The van der Waals surface area contributed by atoms with Gasteiger partial charge in [0.05, 0.1) is 18.8 Å². The number of aliphatic hydroxyl groups excluding tert-OH is 2. The van der Waals surface area contributed by atoms with Gasteiger partial charge in [0.25, 0.3) is 0 Å². The molecule has 0 saturated carbocycles. The molecule has 0 spiro atoms. The van der Waals surface area contributed by atoms with E-state index in [4.69, 9.17) is 10.2 Å². The van der Waals surface area contributed by atoms with Crippen LogP contribution in [0, 0.1) is 0 Å². The maximum Gasteiger partial charge on any atom is 0.0896 e. The molecule has 0 aromatic heterocycles. The summed E-state index contributed by atoms with van der Waals surface area (Å²) in [4.78, 5) is 0. The van der Waals surface area contributed by atoms with Crippen LogP contribution in [0.4, 0.5) is 0 Å². The van der Waals surface area contributed by atoms with Gasteiger partial charge in [-0.25, -0.2) is 0 Å². The van der Waals surface area contributed by atoms with Gasteiger partial charge in [-0.3, -0.25) is 0 Å². The fourth-order valence-electron chi connectivity index (χ4n) is 0.854. The zero-order valence-electron chi connectivity index (χ0n) is 5.12. The maximum atomic E-state index is 9.06. The van der Waals surface area contributed by atoms with E-state index in [1.165, 1.54) is 0 Å². The van der Waals surface area contributed by atoms with Crippen molar-refractivity contribution in [2.45, 2.75) is 12.1 Å². The molecule has 0 aromatic rings. The molecule has 1 aliphatic heterocycles. The average molecular weight is 129 g/mol. The second-order valence-electron chi connectivity index (χ2n) is 2.12. The highest BCUT2D eigenvalue weighted by atomic mass is 16.3. The van der Waals surface area contributed by atoms with Gasteiger partial charge in [-0.2, -0.15) is 0 Å². The van der Waals surface area contributed by atoms with Gasteiger partial charge in [-0.15, -0.1) is 0 Å². The highest BCUT2D eigenvalue weighted by Crippen LogP contribution is 1.98. The molecule has 0 aromatic carbocycles. The van der Waals surface area contributed by atoms with Crippen LogP contribution in [-0.2, 0) is 0 Å². The molecule has 52 valence electrons. The smallest absolute Gasteiger partial charge is 0.0896 e. The molecule has 1 rings (SSSR count). The van der Waals surface area contributed by atoms with Crippen molar-refractivity contribution in [1.29, 1.82) is 0 Å². The molecule has 0 unspecified atom stereocenters. The van der Waals surface area contributed by atoms with Crippen molar-refractivity contribution < 1.29 is 10.2 Å². The Bertz CT molecular complexity index is 114. The van der Waals surface area contributed by atoms with Crippen LogP contribution in [0.2, 0.25) is 0 Å². The summed E-state index contributed by atoms with van der Waals surface area (Å²) in [5, 5.41) is 20.6. The first-order valence-electron chi connectivity index (χ1n) is 3.03. The van der Waals surface area contributed by atoms with E-state index in [1.54, 1.807) is 6.08 Å². The average Bonchev–Trinajstić information content (AvgIpc) is 1.89. The van der Waals surface area contributed by atoms with Gasteiger partial charge >= 0.3 is 0 Å². The van der Waals surface area contributed by atoms with E-state index in [0.29, 0.717) is 0 Å². The third kappa shape index (κ3) is 1.51. The largest absolute Gasteiger partial charge is 0.395 e. The van der Waals surface area contributed by atoms with E-state index >= 15 is 0 Å². The number of rotatable bonds is 1. The lowest BCUT2D eigenvalue weighted by atomic mass is 10.1. The quantitative estimate of drug-likeness (QED) is 0.393. The normalized spacial score (nSPS) is 34.9. The molecule has 0 aliphatic carbocycles. The summed E-state index contributed by atoms with van der Waals surface area (Å²) < 4.78 is 0. The predicted molar refractivity (Wildman–Crippen MR) is 34.0 cm³/mol. The molecule has 0 saturated heterocycles. The minimum atomic E-state index is -0.524. The lowest BCUT2D eigenvalue weighted by Gasteiger charge is -2.22. The van der Waals surface area contributed by atoms with Crippen LogP contribution in [0.5, 0.6) is 0 Å². The Morgan fingerprint density at radius 3 is 2.89 bits per heavy atom. The third-order valence-electron chi connectivity index (χ3n) is 1.44. The van der Waals surface area contributed by atoms with Crippen LogP contribution in [0.1, 0.15) is 0 Å². The molecule has 3 heteroatoms. The zero-order valence-corrected chi connectivity index (χ0v) is 5.12. The zero-order chi connectivity index (χ0) is 6.69. The lowest BCUT2D eigenvalue weighted by Crippen LogP contribution is -2.44. The molecular formula is C6H11NO2. The Labute approximate surface area is 54.0 Å². The van der Waals surface area contributed by atoms with Crippen molar-refractivity contribution in [3.8, 4) is 0 Å². The first-order chi connectivity index (χ1) is 4.34. The summed E-state index contributed by atoms with van der Waals surface area (Å²) in [6, 6.07) is -0.171. The molecule has 0 radical (unpaired) electrons. The van der Waals surface area contributed by atoms with E-state index < -0.39 is 6.10 Å². The Hall–Kier alpha value is -0.380.